The molecule has 0 saturated carbocycles. The van der Waals surface area contributed by atoms with E-state index < -0.39 is 28.4 Å². The number of halogens is 1. The van der Waals surface area contributed by atoms with E-state index in [0.717, 1.165) is 28.6 Å². The first-order valence-corrected chi connectivity index (χ1v) is 7.40. The SMILES string of the molecule is O=C(O)CN(c1ccccc1)S(=O)(=O)c1ccc(F)cc1. The van der Waals surface area contributed by atoms with Gasteiger partial charge in [-0.05, 0) is 36.4 Å². The maximum absolute atomic E-state index is 12.9. The first-order valence-electron chi connectivity index (χ1n) is 5.96. The molecule has 7 heteroatoms. The van der Waals surface area contributed by atoms with Crippen LogP contribution in [0.3, 0.4) is 0 Å². The van der Waals surface area contributed by atoms with Gasteiger partial charge in [-0.3, -0.25) is 9.10 Å². The largest absolute Gasteiger partial charge is 0.480 e. The van der Waals surface area contributed by atoms with Gasteiger partial charge in [0, 0.05) is 0 Å². The summed E-state index contributed by atoms with van der Waals surface area (Å²) in [5, 5.41) is 8.93. The molecule has 5 nitrogen and oxygen atoms in total. The van der Waals surface area contributed by atoms with Gasteiger partial charge in [0.05, 0.1) is 10.6 Å². The number of carboxylic acid groups (broad SMARTS) is 1. The Hall–Kier alpha value is -2.41. The second kappa shape index (κ2) is 5.92. The highest BCUT2D eigenvalue weighted by Crippen LogP contribution is 2.23. The third-order valence-corrected chi connectivity index (χ3v) is 4.51. The Kier molecular flexibility index (Phi) is 4.23. The molecule has 0 spiro atoms. The quantitative estimate of drug-likeness (QED) is 0.918. The molecule has 0 unspecified atom stereocenters. The summed E-state index contributed by atoms with van der Waals surface area (Å²) < 4.78 is 38.7. The van der Waals surface area contributed by atoms with Crippen LogP contribution in [0.2, 0.25) is 0 Å². The van der Waals surface area contributed by atoms with Crippen LogP contribution in [-0.4, -0.2) is 26.0 Å². The van der Waals surface area contributed by atoms with Gasteiger partial charge in [0.25, 0.3) is 10.0 Å². The van der Waals surface area contributed by atoms with Crippen molar-refractivity contribution in [2.75, 3.05) is 10.8 Å². The number of anilines is 1. The molecule has 0 fully saturated rings. The first-order chi connectivity index (χ1) is 9.91. The molecule has 0 saturated heterocycles. The van der Waals surface area contributed by atoms with Gasteiger partial charge in [0.2, 0.25) is 0 Å². The van der Waals surface area contributed by atoms with Crippen molar-refractivity contribution in [3.8, 4) is 0 Å². The van der Waals surface area contributed by atoms with E-state index in [1.165, 1.54) is 12.1 Å². The molecule has 0 aliphatic heterocycles. The maximum atomic E-state index is 12.9. The van der Waals surface area contributed by atoms with Crippen molar-refractivity contribution < 1.29 is 22.7 Å². The molecular formula is C14H12FNO4S. The molecule has 0 aliphatic carbocycles. The van der Waals surface area contributed by atoms with E-state index in [9.17, 15) is 17.6 Å². The lowest BCUT2D eigenvalue weighted by Crippen LogP contribution is -2.35. The third kappa shape index (κ3) is 3.38. The van der Waals surface area contributed by atoms with Crippen molar-refractivity contribution in [3.63, 3.8) is 0 Å². The van der Waals surface area contributed by atoms with Crippen LogP contribution in [0, 0.1) is 5.82 Å². The minimum Gasteiger partial charge on any atom is -0.480 e. The van der Waals surface area contributed by atoms with E-state index >= 15 is 0 Å². The van der Waals surface area contributed by atoms with Crippen molar-refractivity contribution in [3.05, 3.63) is 60.4 Å². The lowest BCUT2D eigenvalue weighted by Gasteiger charge is -2.22. The highest BCUT2D eigenvalue weighted by atomic mass is 32.2. The average molecular weight is 309 g/mol. The number of hydrogen-bond donors (Lipinski definition) is 1. The van der Waals surface area contributed by atoms with Crippen LogP contribution in [0.1, 0.15) is 0 Å². The third-order valence-electron chi connectivity index (χ3n) is 2.72. The molecule has 0 heterocycles. The number of rotatable bonds is 5. The normalized spacial score (nSPS) is 11.1. The molecule has 2 rings (SSSR count). The van der Waals surface area contributed by atoms with Crippen molar-refractivity contribution in [1.29, 1.82) is 0 Å². The van der Waals surface area contributed by atoms with Gasteiger partial charge in [-0.25, -0.2) is 12.8 Å². The van der Waals surface area contributed by atoms with Crippen LogP contribution < -0.4 is 4.31 Å². The van der Waals surface area contributed by atoms with Crippen molar-refractivity contribution in [2.24, 2.45) is 0 Å². The van der Waals surface area contributed by atoms with Crippen molar-refractivity contribution in [1.82, 2.24) is 0 Å². The van der Waals surface area contributed by atoms with E-state index in [4.69, 9.17) is 5.11 Å². The molecule has 21 heavy (non-hydrogen) atoms. The fourth-order valence-electron chi connectivity index (χ4n) is 1.77. The van der Waals surface area contributed by atoms with Crippen molar-refractivity contribution >= 4 is 21.7 Å². The van der Waals surface area contributed by atoms with E-state index in [1.54, 1.807) is 18.2 Å². The Balaban J connectivity index is 2.49. The molecule has 0 bridgehead atoms. The van der Waals surface area contributed by atoms with Gasteiger partial charge in [0.15, 0.2) is 0 Å². The monoisotopic (exact) mass is 309 g/mol. The second-order valence-corrected chi connectivity index (χ2v) is 6.06. The standard InChI is InChI=1S/C14H12FNO4S/c15-11-6-8-13(9-7-11)21(19,20)16(10-14(17)18)12-4-2-1-3-5-12/h1-9H,10H2,(H,17,18). The molecular weight excluding hydrogens is 297 g/mol. The predicted octanol–water partition coefficient (Wildman–Crippen LogP) is 2.11. The second-order valence-electron chi connectivity index (χ2n) is 4.19. The average Bonchev–Trinajstić information content (AvgIpc) is 2.46. The van der Waals surface area contributed by atoms with E-state index in [2.05, 4.69) is 0 Å². The summed E-state index contributed by atoms with van der Waals surface area (Å²) in [6.45, 7) is -0.719. The van der Waals surface area contributed by atoms with Crippen molar-refractivity contribution in [2.45, 2.75) is 4.90 Å². The molecule has 1 N–H and O–H groups in total. The number of carboxylic acids is 1. The van der Waals surface area contributed by atoms with Crippen LogP contribution in [0.5, 0.6) is 0 Å². The summed E-state index contributed by atoms with van der Waals surface area (Å²) in [6, 6.07) is 12.1. The van der Waals surface area contributed by atoms with Gasteiger partial charge in [-0.2, -0.15) is 0 Å². The molecule has 2 aromatic rings. The Morgan fingerprint density at radius 1 is 1.05 bits per heavy atom. The molecule has 2 aromatic carbocycles. The van der Waals surface area contributed by atoms with Gasteiger partial charge in [0.1, 0.15) is 12.4 Å². The number of para-hydroxylation sites is 1. The van der Waals surface area contributed by atoms with Gasteiger partial charge in [-0.1, -0.05) is 18.2 Å². The summed E-state index contributed by atoms with van der Waals surface area (Å²) in [7, 11) is -4.08. The predicted molar refractivity (Wildman–Crippen MR) is 75.0 cm³/mol. The summed E-state index contributed by atoms with van der Waals surface area (Å²) >= 11 is 0. The van der Waals surface area contributed by atoms with Crippen LogP contribution in [0.4, 0.5) is 10.1 Å². The minimum atomic E-state index is -4.08. The lowest BCUT2D eigenvalue weighted by atomic mass is 10.3. The van der Waals surface area contributed by atoms with E-state index in [1.807, 2.05) is 0 Å². The number of benzene rings is 2. The molecule has 0 aliphatic rings. The summed E-state index contributed by atoms with van der Waals surface area (Å²) in [5.41, 5.74) is 0.226. The first kappa shape index (κ1) is 15.0. The van der Waals surface area contributed by atoms with E-state index in [0.29, 0.717) is 0 Å². The highest BCUT2D eigenvalue weighted by Gasteiger charge is 2.26. The van der Waals surface area contributed by atoms with E-state index in [-0.39, 0.29) is 10.6 Å². The zero-order valence-corrected chi connectivity index (χ0v) is 11.6. The molecule has 0 amide bonds. The molecule has 0 aromatic heterocycles. The number of hydrogen-bond acceptors (Lipinski definition) is 3. The van der Waals surface area contributed by atoms with Gasteiger partial charge >= 0.3 is 5.97 Å². The minimum absolute atomic E-state index is 0.172. The summed E-state index contributed by atoms with van der Waals surface area (Å²) in [6.07, 6.45) is 0. The zero-order valence-electron chi connectivity index (χ0n) is 10.8. The Morgan fingerprint density at radius 3 is 2.14 bits per heavy atom. The number of nitrogens with zero attached hydrogens (tertiary/aromatic N) is 1. The fourth-order valence-corrected chi connectivity index (χ4v) is 3.18. The Labute approximate surface area is 121 Å². The summed E-state index contributed by atoms with van der Waals surface area (Å²) in [4.78, 5) is 10.8. The molecule has 0 radical (unpaired) electrons. The topological polar surface area (TPSA) is 74.7 Å². The summed E-state index contributed by atoms with van der Waals surface area (Å²) in [5.74, 6) is -1.86. The van der Waals surface area contributed by atoms with Gasteiger partial charge in [-0.15, -0.1) is 0 Å². The van der Waals surface area contributed by atoms with Crippen LogP contribution in [-0.2, 0) is 14.8 Å². The molecule has 0 atom stereocenters. The van der Waals surface area contributed by atoms with Crippen LogP contribution >= 0.6 is 0 Å². The fraction of sp³-hybridized carbons (Fsp3) is 0.0714. The Bertz CT molecular complexity index is 729. The number of carbonyl (C=O) groups is 1. The molecule has 110 valence electrons. The van der Waals surface area contributed by atoms with Gasteiger partial charge < -0.3 is 5.11 Å². The smallest absolute Gasteiger partial charge is 0.324 e. The Morgan fingerprint density at radius 2 is 1.62 bits per heavy atom. The highest BCUT2D eigenvalue weighted by molar-refractivity contribution is 7.92. The lowest BCUT2D eigenvalue weighted by molar-refractivity contribution is -0.135. The maximum Gasteiger partial charge on any atom is 0.324 e. The van der Waals surface area contributed by atoms with Crippen LogP contribution in [0.15, 0.2) is 59.5 Å². The number of sulfonamides is 1. The number of aliphatic carboxylic acids is 1. The van der Waals surface area contributed by atoms with Crippen LogP contribution in [0.25, 0.3) is 0 Å². The zero-order chi connectivity index (χ0) is 15.5.